The van der Waals surface area contributed by atoms with Crippen LogP contribution in [0.4, 0.5) is 0 Å². The van der Waals surface area contributed by atoms with Gasteiger partial charge in [-0.05, 0) is 30.5 Å². The molecule has 0 spiro atoms. The maximum atomic E-state index is 3.95. The van der Waals surface area contributed by atoms with Crippen molar-refractivity contribution in [1.82, 2.24) is 0 Å². The van der Waals surface area contributed by atoms with Gasteiger partial charge in [0.1, 0.15) is 0 Å². The van der Waals surface area contributed by atoms with Crippen molar-refractivity contribution in [1.29, 1.82) is 0 Å². The lowest BCUT2D eigenvalue weighted by atomic mass is 10.1. The Morgan fingerprint density at radius 2 is 2.00 bits per heavy atom. The van der Waals surface area contributed by atoms with Crippen LogP contribution < -0.4 is 0 Å². The van der Waals surface area contributed by atoms with E-state index in [4.69, 9.17) is 0 Å². The van der Waals surface area contributed by atoms with Gasteiger partial charge < -0.3 is 0 Å². The second-order valence-corrected chi connectivity index (χ2v) is 2.80. The molecule has 1 aromatic rings. The summed E-state index contributed by atoms with van der Waals surface area (Å²) in [6.07, 6.45) is 3.34. The summed E-state index contributed by atoms with van der Waals surface area (Å²) in [5.41, 5.74) is 3.73. The standard InChI is InChI=1S/C11H13N/c1-4-12-8-11-6-5-9(2)10(3)7-11/h4-8H,1H2,2-3H3/b12-8-. The van der Waals surface area contributed by atoms with E-state index in [0.717, 1.165) is 5.56 Å². The van der Waals surface area contributed by atoms with Crippen molar-refractivity contribution < 1.29 is 0 Å². The predicted octanol–water partition coefficient (Wildman–Crippen LogP) is 2.87. The molecule has 0 heterocycles. The van der Waals surface area contributed by atoms with Crippen LogP contribution in [0.1, 0.15) is 16.7 Å². The first-order chi connectivity index (χ1) is 5.74. The molecule has 1 aromatic carbocycles. The molecule has 0 aliphatic rings. The zero-order valence-corrected chi connectivity index (χ0v) is 7.54. The molecule has 62 valence electrons. The first-order valence-corrected chi connectivity index (χ1v) is 3.95. The van der Waals surface area contributed by atoms with Crippen molar-refractivity contribution >= 4 is 6.21 Å². The lowest BCUT2D eigenvalue weighted by Crippen LogP contribution is -1.85. The Hall–Kier alpha value is -1.37. The molecular weight excluding hydrogens is 146 g/mol. The van der Waals surface area contributed by atoms with Gasteiger partial charge >= 0.3 is 0 Å². The van der Waals surface area contributed by atoms with Gasteiger partial charge in [-0.2, -0.15) is 0 Å². The summed E-state index contributed by atoms with van der Waals surface area (Å²) in [5.74, 6) is 0. The number of nitrogens with zero attached hydrogens (tertiary/aromatic N) is 1. The molecule has 0 aromatic heterocycles. The SMILES string of the molecule is C=C/N=C\c1ccc(C)c(C)c1. The Morgan fingerprint density at radius 3 is 2.58 bits per heavy atom. The normalized spacial score (nSPS) is 10.5. The van der Waals surface area contributed by atoms with Crippen molar-refractivity contribution in [2.75, 3.05) is 0 Å². The van der Waals surface area contributed by atoms with Crippen LogP contribution in [-0.4, -0.2) is 6.21 Å². The first-order valence-electron chi connectivity index (χ1n) is 3.95. The van der Waals surface area contributed by atoms with Crippen molar-refractivity contribution in [3.63, 3.8) is 0 Å². The minimum absolute atomic E-state index is 1.12. The van der Waals surface area contributed by atoms with Crippen LogP contribution in [0.2, 0.25) is 0 Å². The monoisotopic (exact) mass is 159 g/mol. The summed E-state index contributed by atoms with van der Waals surface area (Å²) in [4.78, 5) is 3.95. The van der Waals surface area contributed by atoms with Crippen LogP contribution in [0.5, 0.6) is 0 Å². The average molecular weight is 159 g/mol. The molecule has 0 bridgehead atoms. The van der Waals surface area contributed by atoms with E-state index in [1.165, 1.54) is 17.3 Å². The average Bonchev–Trinajstić information content (AvgIpc) is 2.07. The second kappa shape index (κ2) is 3.86. The van der Waals surface area contributed by atoms with Crippen molar-refractivity contribution in [2.45, 2.75) is 13.8 Å². The number of benzene rings is 1. The van der Waals surface area contributed by atoms with Gasteiger partial charge in [-0.25, -0.2) is 0 Å². The zero-order valence-electron chi connectivity index (χ0n) is 7.54. The Bertz CT molecular complexity index is 311. The molecule has 12 heavy (non-hydrogen) atoms. The largest absolute Gasteiger partial charge is 0.265 e. The summed E-state index contributed by atoms with van der Waals surface area (Å²) in [5, 5.41) is 0. The third-order valence-corrected chi connectivity index (χ3v) is 1.86. The van der Waals surface area contributed by atoms with Gasteiger partial charge in [-0.15, -0.1) is 0 Å². The number of aliphatic imine (C=N–C) groups is 1. The van der Waals surface area contributed by atoms with Gasteiger partial charge in [0.2, 0.25) is 0 Å². The van der Waals surface area contributed by atoms with Crippen LogP contribution in [0.3, 0.4) is 0 Å². The molecule has 1 nitrogen and oxygen atoms in total. The van der Waals surface area contributed by atoms with Gasteiger partial charge in [0.05, 0.1) is 0 Å². The molecule has 0 fully saturated rings. The highest BCUT2D eigenvalue weighted by atomic mass is 14.6. The highest BCUT2D eigenvalue weighted by Crippen LogP contribution is 2.07. The van der Waals surface area contributed by atoms with Crippen molar-refractivity contribution in [3.05, 3.63) is 47.7 Å². The lowest BCUT2D eigenvalue weighted by molar-refractivity contribution is 1.34. The van der Waals surface area contributed by atoms with Crippen LogP contribution in [0.25, 0.3) is 0 Å². The maximum absolute atomic E-state index is 3.95. The van der Waals surface area contributed by atoms with E-state index in [1.807, 2.05) is 0 Å². The summed E-state index contributed by atoms with van der Waals surface area (Å²) < 4.78 is 0. The third kappa shape index (κ3) is 2.06. The summed E-state index contributed by atoms with van der Waals surface area (Å²) in [7, 11) is 0. The lowest BCUT2D eigenvalue weighted by Gasteiger charge is -1.99. The summed E-state index contributed by atoms with van der Waals surface area (Å²) >= 11 is 0. The smallest absolute Gasteiger partial charge is 0.0340 e. The van der Waals surface area contributed by atoms with E-state index in [2.05, 4.69) is 43.6 Å². The highest BCUT2D eigenvalue weighted by Gasteiger charge is 1.91. The van der Waals surface area contributed by atoms with E-state index in [0.29, 0.717) is 0 Å². The highest BCUT2D eigenvalue weighted by molar-refractivity contribution is 5.80. The molecular formula is C11H13N. The Labute approximate surface area is 73.5 Å². The van der Waals surface area contributed by atoms with E-state index in [-0.39, 0.29) is 0 Å². The van der Waals surface area contributed by atoms with Gasteiger partial charge in [-0.1, -0.05) is 24.8 Å². The molecule has 0 unspecified atom stereocenters. The molecule has 0 aliphatic carbocycles. The molecule has 1 rings (SSSR count). The quantitative estimate of drug-likeness (QED) is 0.588. The van der Waals surface area contributed by atoms with Crippen molar-refractivity contribution in [2.24, 2.45) is 4.99 Å². The van der Waals surface area contributed by atoms with Crippen LogP contribution in [0, 0.1) is 13.8 Å². The van der Waals surface area contributed by atoms with Crippen molar-refractivity contribution in [3.8, 4) is 0 Å². The summed E-state index contributed by atoms with van der Waals surface area (Å²) in [6.45, 7) is 7.72. The predicted molar refractivity (Wildman–Crippen MR) is 53.7 cm³/mol. The van der Waals surface area contributed by atoms with Gasteiger partial charge in [0.15, 0.2) is 0 Å². The van der Waals surface area contributed by atoms with E-state index in [9.17, 15) is 0 Å². The van der Waals surface area contributed by atoms with E-state index >= 15 is 0 Å². The molecule has 0 amide bonds. The summed E-state index contributed by atoms with van der Waals surface area (Å²) in [6, 6.07) is 6.26. The fraction of sp³-hybridized carbons (Fsp3) is 0.182. The number of aryl methyl sites for hydroxylation is 2. The molecule has 0 N–H and O–H groups in total. The molecule has 0 saturated heterocycles. The number of hydrogen-bond donors (Lipinski definition) is 0. The fourth-order valence-corrected chi connectivity index (χ4v) is 0.984. The molecule has 0 radical (unpaired) electrons. The van der Waals surface area contributed by atoms with Gasteiger partial charge in [0.25, 0.3) is 0 Å². The Balaban J connectivity index is 2.96. The molecule has 0 aliphatic heterocycles. The Kier molecular flexibility index (Phi) is 2.81. The van der Waals surface area contributed by atoms with Gasteiger partial charge in [0, 0.05) is 12.4 Å². The molecule has 1 heteroatoms. The molecule has 0 atom stereocenters. The maximum Gasteiger partial charge on any atom is 0.0340 e. The minimum atomic E-state index is 1.12. The Morgan fingerprint density at radius 1 is 1.25 bits per heavy atom. The van der Waals surface area contributed by atoms with Crippen LogP contribution >= 0.6 is 0 Å². The van der Waals surface area contributed by atoms with Crippen LogP contribution in [0.15, 0.2) is 36.0 Å². The van der Waals surface area contributed by atoms with E-state index in [1.54, 1.807) is 6.21 Å². The van der Waals surface area contributed by atoms with E-state index < -0.39 is 0 Å². The first kappa shape index (κ1) is 8.72. The van der Waals surface area contributed by atoms with Crippen LogP contribution in [-0.2, 0) is 0 Å². The fourth-order valence-electron chi connectivity index (χ4n) is 0.984. The second-order valence-electron chi connectivity index (χ2n) is 2.80. The zero-order chi connectivity index (χ0) is 8.97. The van der Waals surface area contributed by atoms with Gasteiger partial charge in [-0.3, -0.25) is 4.99 Å². The third-order valence-electron chi connectivity index (χ3n) is 1.86. The minimum Gasteiger partial charge on any atom is -0.265 e. The topological polar surface area (TPSA) is 12.4 Å². The number of rotatable bonds is 2. The number of hydrogen-bond acceptors (Lipinski definition) is 1. The molecule has 0 saturated carbocycles.